The maximum absolute atomic E-state index is 10.8. The van der Waals surface area contributed by atoms with Gasteiger partial charge in [0.05, 0.1) is 18.0 Å². The number of rotatable bonds is 6. The molecule has 8 heteroatoms. The van der Waals surface area contributed by atoms with Crippen LogP contribution in [0.3, 0.4) is 0 Å². The SMILES string of the molecule is CCNC(=NCc1cccc([N+](=O)[O-])c1)NCc1ccc(C)s1.I. The van der Waals surface area contributed by atoms with Crippen LogP contribution in [-0.2, 0) is 13.1 Å². The Morgan fingerprint density at radius 1 is 1.29 bits per heavy atom. The molecule has 2 rings (SSSR count). The van der Waals surface area contributed by atoms with E-state index in [-0.39, 0.29) is 29.7 Å². The summed E-state index contributed by atoms with van der Waals surface area (Å²) < 4.78 is 0. The van der Waals surface area contributed by atoms with Gasteiger partial charge in [0, 0.05) is 28.4 Å². The highest BCUT2D eigenvalue weighted by atomic mass is 127. The topological polar surface area (TPSA) is 79.6 Å². The van der Waals surface area contributed by atoms with E-state index in [9.17, 15) is 10.1 Å². The Kier molecular flexibility index (Phi) is 8.69. The maximum Gasteiger partial charge on any atom is 0.269 e. The first-order chi connectivity index (χ1) is 11.1. The second kappa shape index (κ2) is 10.2. The monoisotopic (exact) mass is 460 g/mol. The van der Waals surface area contributed by atoms with Crippen molar-refractivity contribution in [3.05, 3.63) is 61.8 Å². The molecule has 0 atom stereocenters. The molecule has 0 saturated carbocycles. The molecule has 0 spiro atoms. The summed E-state index contributed by atoms with van der Waals surface area (Å²) in [6.45, 7) is 5.93. The lowest BCUT2D eigenvalue weighted by atomic mass is 10.2. The zero-order valence-corrected chi connectivity index (χ0v) is 16.8. The average molecular weight is 460 g/mol. The van der Waals surface area contributed by atoms with Crippen molar-refractivity contribution in [1.29, 1.82) is 0 Å². The molecular formula is C16H21IN4O2S. The third kappa shape index (κ3) is 6.44. The number of nitrogens with zero attached hydrogens (tertiary/aromatic N) is 2. The van der Waals surface area contributed by atoms with Gasteiger partial charge in [-0.2, -0.15) is 0 Å². The minimum Gasteiger partial charge on any atom is -0.357 e. The van der Waals surface area contributed by atoms with Crippen LogP contribution in [0.5, 0.6) is 0 Å². The van der Waals surface area contributed by atoms with Gasteiger partial charge in [-0.3, -0.25) is 10.1 Å². The zero-order chi connectivity index (χ0) is 16.7. The number of thiophene rings is 1. The minimum atomic E-state index is -0.393. The smallest absolute Gasteiger partial charge is 0.269 e. The molecule has 0 aliphatic rings. The fourth-order valence-electron chi connectivity index (χ4n) is 2.03. The number of guanidine groups is 1. The van der Waals surface area contributed by atoms with Crippen LogP contribution in [0.15, 0.2) is 41.4 Å². The molecule has 24 heavy (non-hydrogen) atoms. The molecule has 2 N–H and O–H groups in total. The summed E-state index contributed by atoms with van der Waals surface area (Å²) in [6, 6.07) is 10.7. The first-order valence-electron chi connectivity index (χ1n) is 7.39. The second-order valence-electron chi connectivity index (χ2n) is 4.99. The summed E-state index contributed by atoms with van der Waals surface area (Å²) >= 11 is 1.75. The lowest BCUT2D eigenvalue weighted by Gasteiger charge is -2.10. The third-order valence-corrected chi connectivity index (χ3v) is 4.11. The van der Waals surface area contributed by atoms with E-state index < -0.39 is 4.92 Å². The Hall–Kier alpha value is -1.68. The normalized spacial score (nSPS) is 10.8. The molecule has 0 saturated heterocycles. The van der Waals surface area contributed by atoms with Crippen molar-refractivity contribution in [2.75, 3.05) is 6.54 Å². The molecule has 1 heterocycles. The summed E-state index contributed by atoms with van der Waals surface area (Å²) in [4.78, 5) is 17.4. The summed E-state index contributed by atoms with van der Waals surface area (Å²) in [5.41, 5.74) is 0.896. The van der Waals surface area contributed by atoms with Gasteiger partial charge in [0.15, 0.2) is 5.96 Å². The second-order valence-corrected chi connectivity index (χ2v) is 6.36. The Bertz CT molecular complexity index is 703. The van der Waals surface area contributed by atoms with E-state index in [1.54, 1.807) is 23.5 Å². The van der Waals surface area contributed by atoms with Crippen LogP contribution in [0.2, 0.25) is 0 Å². The van der Waals surface area contributed by atoms with E-state index >= 15 is 0 Å². The van der Waals surface area contributed by atoms with Crippen molar-refractivity contribution in [2.45, 2.75) is 26.9 Å². The van der Waals surface area contributed by atoms with Crippen molar-refractivity contribution in [1.82, 2.24) is 10.6 Å². The van der Waals surface area contributed by atoms with Gasteiger partial charge in [-0.25, -0.2) is 4.99 Å². The molecule has 0 bridgehead atoms. The Morgan fingerprint density at radius 2 is 2.08 bits per heavy atom. The quantitative estimate of drug-likeness (QED) is 0.226. The molecule has 0 unspecified atom stereocenters. The van der Waals surface area contributed by atoms with Gasteiger partial charge in [0.1, 0.15) is 0 Å². The predicted octanol–water partition coefficient (Wildman–Crippen LogP) is 3.84. The number of nitro benzene ring substituents is 1. The highest BCUT2D eigenvalue weighted by molar-refractivity contribution is 14.0. The first-order valence-corrected chi connectivity index (χ1v) is 8.21. The van der Waals surface area contributed by atoms with Crippen molar-refractivity contribution in [3.8, 4) is 0 Å². The van der Waals surface area contributed by atoms with E-state index in [4.69, 9.17) is 0 Å². The summed E-state index contributed by atoms with van der Waals surface area (Å²) in [7, 11) is 0. The molecule has 0 radical (unpaired) electrons. The van der Waals surface area contributed by atoms with Gasteiger partial charge in [-0.1, -0.05) is 12.1 Å². The maximum atomic E-state index is 10.8. The number of aryl methyl sites for hydroxylation is 1. The number of nitrogens with one attached hydrogen (secondary N) is 2. The van der Waals surface area contributed by atoms with Crippen LogP contribution in [0, 0.1) is 17.0 Å². The predicted molar refractivity (Wildman–Crippen MR) is 109 cm³/mol. The molecule has 0 amide bonds. The van der Waals surface area contributed by atoms with Crippen molar-refractivity contribution < 1.29 is 4.92 Å². The fourth-order valence-corrected chi connectivity index (χ4v) is 2.86. The zero-order valence-electron chi connectivity index (χ0n) is 13.6. The van der Waals surface area contributed by atoms with E-state index in [0.29, 0.717) is 19.0 Å². The molecule has 1 aromatic heterocycles. The van der Waals surface area contributed by atoms with Gasteiger partial charge in [0.2, 0.25) is 0 Å². The number of nitro groups is 1. The van der Waals surface area contributed by atoms with Gasteiger partial charge in [0.25, 0.3) is 5.69 Å². The number of benzene rings is 1. The molecule has 6 nitrogen and oxygen atoms in total. The lowest BCUT2D eigenvalue weighted by Crippen LogP contribution is -2.36. The van der Waals surface area contributed by atoms with Crippen molar-refractivity contribution >= 4 is 47.0 Å². The van der Waals surface area contributed by atoms with Crippen LogP contribution in [-0.4, -0.2) is 17.4 Å². The van der Waals surface area contributed by atoms with E-state index in [0.717, 1.165) is 12.1 Å². The standard InChI is InChI=1S/C16H20N4O2S.HI/c1-3-17-16(19-11-15-8-7-12(2)23-15)18-10-13-5-4-6-14(9-13)20(21)22;/h4-9H,3,10-11H2,1-2H3,(H2,17,18,19);1H. The lowest BCUT2D eigenvalue weighted by molar-refractivity contribution is -0.384. The highest BCUT2D eigenvalue weighted by Crippen LogP contribution is 2.15. The first kappa shape index (κ1) is 20.4. The van der Waals surface area contributed by atoms with E-state index in [1.165, 1.54) is 15.8 Å². The summed E-state index contributed by atoms with van der Waals surface area (Å²) in [6.07, 6.45) is 0. The number of non-ortho nitro benzene ring substituents is 1. The minimum absolute atomic E-state index is 0. The van der Waals surface area contributed by atoms with Gasteiger partial charge in [-0.15, -0.1) is 35.3 Å². The van der Waals surface area contributed by atoms with Crippen LogP contribution < -0.4 is 10.6 Å². The summed E-state index contributed by atoms with van der Waals surface area (Å²) in [5, 5.41) is 17.3. The third-order valence-electron chi connectivity index (χ3n) is 3.11. The Morgan fingerprint density at radius 3 is 2.71 bits per heavy atom. The van der Waals surface area contributed by atoms with Crippen molar-refractivity contribution in [2.24, 2.45) is 4.99 Å². The molecule has 2 aromatic rings. The highest BCUT2D eigenvalue weighted by Gasteiger charge is 2.06. The Balaban J connectivity index is 0.00000288. The number of hydrogen-bond donors (Lipinski definition) is 2. The number of halogens is 1. The largest absolute Gasteiger partial charge is 0.357 e. The summed E-state index contributed by atoms with van der Waals surface area (Å²) in [5.74, 6) is 0.699. The van der Waals surface area contributed by atoms with E-state index in [2.05, 4.69) is 34.7 Å². The molecule has 130 valence electrons. The molecule has 1 aromatic carbocycles. The van der Waals surface area contributed by atoms with Crippen LogP contribution in [0.25, 0.3) is 0 Å². The van der Waals surface area contributed by atoms with Crippen LogP contribution in [0.4, 0.5) is 5.69 Å². The average Bonchev–Trinajstić information content (AvgIpc) is 2.96. The van der Waals surface area contributed by atoms with Crippen molar-refractivity contribution in [3.63, 3.8) is 0 Å². The molecule has 0 aliphatic heterocycles. The van der Waals surface area contributed by atoms with Gasteiger partial charge < -0.3 is 10.6 Å². The van der Waals surface area contributed by atoms with E-state index in [1.807, 2.05) is 13.0 Å². The van der Waals surface area contributed by atoms with Crippen LogP contribution >= 0.6 is 35.3 Å². The molecule has 0 aliphatic carbocycles. The Labute approximate surface area is 162 Å². The molecular weight excluding hydrogens is 439 g/mol. The fraction of sp³-hybridized carbons (Fsp3) is 0.312. The number of aliphatic imine (C=N–C) groups is 1. The van der Waals surface area contributed by atoms with Gasteiger partial charge >= 0.3 is 0 Å². The van der Waals surface area contributed by atoms with Crippen LogP contribution in [0.1, 0.15) is 22.2 Å². The number of hydrogen-bond acceptors (Lipinski definition) is 4. The van der Waals surface area contributed by atoms with Gasteiger partial charge in [-0.05, 0) is 31.5 Å². The molecule has 0 fully saturated rings.